The van der Waals surface area contributed by atoms with E-state index in [9.17, 15) is 0 Å². The van der Waals surface area contributed by atoms with Gasteiger partial charge in [0.15, 0.2) is 16.6 Å². The molecule has 1 rings (SSSR count). The maximum atomic E-state index is 6.35. The van der Waals surface area contributed by atoms with Crippen molar-refractivity contribution >= 4 is 16.6 Å². The maximum Gasteiger partial charge on any atom is 0.191 e. The zero-order valence-corrected chi connectivity index (χ0v) is 21.4. The first-order valence-corrected chi connectivity index (χ1v) is 15.7. The minimum Gasteiger partial charge on any atom is -0.417 e. The minimum atomic E-state index is -1.61. The van der Waals surface area contributed by atoms with Gasteiger partial charge in [-0.2, -0.15) is 0 Å². The Morgan fingerprint density at radius 3 is 1.88 bits per heavy atom. The second-order valence-electron chi connectivity index (χ2n) is 10.5. The van der Waals surface area contributed by atoms with Crippen LogP contribution in [0.4, 0.5) is 0 Å². The quantitative estimate of drug-likeness (QED) is 0.312. The predicted octanol–water partition coefficient (Wildman–Crippen LogP) is 7.47. The zero-order valence-electron chi connectivity index (χ0n) is 19.4. The van der Waals surface area contributed by atoms with Crippen LogP contribution in [0.2, 0.25) is 34.8 Å². The van der Waals surface area contributed by atoms with Gasteiger partial charge < -0.3 is 8.66 Å². The normalized spacial score (nSPS) is 14.1. The lowest BCUT2D eigenvalue weighted by Crippen LogP contribution is -2.51. The Kier molecular flexibility index (Phi) is 8.01. The molecule has 1 aromatic heterocycles. The van der Waals surface area contributed by atoms with Crippen molar-refractivity contribution in [2.75, 3.05) is 6.61 Å². The third-order valence-corrected chi connectivity index (χ3v) is 18.1. The Labute approximate surface area is 165 Å². The van der Waals surface area contributed by atoms with Crippen LogP contribution in [0.3, 0.4) is 0 Å². The van der Waals surface area contributed by atoms with Crippen LogP contribution in [0.15, 0.2) is 18.5 Å². The van der Waals surface area contributed by atoms with Crippen molar-refractivity contribution in [1.29, 1.82) is 0 Å². The van der Waals surface area contributed by atoms with Crippen LogP contribution in [0.25, 0.3) is 0 Å². The summed E-state index contributed by atoms with van der Waals surface area (Å²) in [4.78, 5) is 0. The van der Waals surface area contributed by atoms with Crippen LogP contribution < -0.4 is 0 Å². The summed E-state index contributed by atoms with van der Waals surface area (Å²) in [5.41, 5.74) is 3.70. The van der Waals surface area contributed by atoms with Gasteiger partial charge in [-0.25, -0.2) is 0 Å². The molecule has 0 aliphatic carbocycles. The lowest BCUT2D eigenvalue weighted by molar-refractivity contribution is 0.282. The van der Waals surface area contributed by atoms with E-state index >= 15 is 0 Å². The van der Waals surface area contributed by atoms with Gasteiger partial charge in [-0.3, -0.25) is 0 Å². The fourth-order valence-electron chi connectivity index (χ4n) is 4.54. The van der Waals surface area contributed by atoms with Crippen molar-refractivity contribution < 1.29 is 4.43 Å². The molecule has 0 aliphatic heterocycles. The van der Waals surface area contributed by atoms with Crippen molar-refractivity contribution in [2.24, 2.45) is 0 Å². The summed E-state index contributed by atoms with van der Waals surface area (Å²) >= 11 is 0. The van der Waals surface area contributed by atoms with Crippen LogP contribution in [-0.4, -0.2) is 27.4 Å². The molecule has 0 aliphatic rings. The lowest BCUT2D eigenvalue weighted by Gasteiger charge is -2.44. The Hall–Kier alpha value is -0.326. The molecule has 152 valence electrons. The molecule has 1 heterocycles. The molecule has 0 radical (unpaired) electrons. The van der Waals surface area contributed by atoms with Gasteiger partial charge in [0.25, 0.3) is 0 Å². The molecule has 0 spiro atoms. The summed E-state index contributed by atoms with van der Waals surface area (Å²) in [5, 5.41) is 0.299. The van der Waals surface area contributed by atoms with Crippen molar-refractivity contribution in [3.8, 4) is 0 Å². The van der Waals surface area contributed by atoms with E-state index in [2.05, 4.69) is 98.1 Å². The van der Waals surface area contributed by atoms with E-state index in [1.807, 2.05) is 0 Å². The van der Waals surface area contributed by atoms with E-state index in [1.165, 1.54) is 5.56 Å². The number of aromatic nitrogens is 1. The average Bonchev–Trinajstić information content (AvgIpc) is 2.90. The summed E-state index contributed by atoms with van der Waals surface area (Å²) < 4.78 is 9.00. The van der Waals surface area contributed by atoms with Crippen molar-refractivity contribution in [1.82, 2.24) is 4.23 Å². The number of hydrogen-bond acceptors (Lipinski definition) is 1. The summed E-state index contributed by atoms with van der Waals surface area (Å²) in [6, 6.07) is 2.35. The van der Waals surface area contributed by atoms with E-state index in [0.29, 0.717) is 5.04 Å². The molecule has 0 saturated carbocycles. The van der Waals surface area contributed by atoms with Crippen LogP contribution >= 0.6 is 0 Å². The van der Waals surface area contributed by atoms with Gasteiger partial charge in [0.05, 0.1) is 0 Å². The number of rotatable bonds is 9. The number of hydrogen-bond donors (Lipinski definition) is 0. The number of aryl methyl sites for hydroxylation is 1. The molecule has 0 amide bonds. The highest BCUT2D eigenvalue weighted by Crippen LogP contribution is 2.42. The van der Waals surface area contributed by atoms with Crippen molar-refractivity contribution in [3.05, 3.63) is 24.0 Å². The molecule has 0 saturated heterocycles. The fourth-order valence-corrected chi connectivity index (χ4v) is 12.1. The van der Waals surface area contributed by atoms with Crippen LogP contribution in [-0.2, 0) is 10.8 Å². The average molecular weight is 396 g/mol. The molecule has 0 unspecified atom stereocenters. The SMILES string of the molecule is CC(C)[Si](C(C)C)(C(C)C)n1ccc(CCCO[Si](C)(C)C(C)(C)C)c1. The van der Waals surface area contributed by atoms with Gasteiger partial charge in [-0.1, -0.05) is 62.3 Å². The molecule has 2 nitrogen and oxygen atoms in total. The van der Waals surface area contributed by atoms with Crippen LogP contribution in [0.5, 0.6) is 0 Å². The van der Waals surface area contributed by atoms with Gasteiger partial charge >= 0.3 is 0 Å². The Balaban J connectivity index is 2.79. The molecule has 0 bridgehead atoms. The smallest absolute Gasteiger partial charge is 0.191 e. The summed E-state index contributed by atoms with van der Waals surface area (Å²) in [7, 11) is -3.20. The summed E-state index contributed by atoms with van der Waals surface area (Å²) in [5.74, 6) is 0. The first-order chi connectivity index (χ1) is 11.8. The van der Waals surface area contributed by atoms with Crippen molar-refractivity contribution in [2.45, 2.75) is 110 Å². The number of nitrogens with zero attached hydrogens (tertiary/aromatic N) is 1. The molecule has 0 atom stereocenters. The Morgan fingerprint density at radius 1 is 0.962 bits per heavy atom. The second kappa shape index (κ2) is 8.79. The Morgan fingerprint density at radius 2 is 1.46 bits per heavy atom. The van der Waals surface area contributed by atoms with Crippen molar-refractivity contribution in [3.63, 3.8) is 0 Å². The monoisotopic (exact) mass is 395 g/mol. The van der Waals surface area contributed by atoms with Gasteiger partial charge in [-0.15, -0.1) is 0 Å². The minimum absolute atomic E-state index is 0.299. The zero-order chi connectivity index (χ0) is 20.3. The fraction of sp³-hybridized carbons (Fsp3) is 0.818. The Bertz CT molecular complexity index is 531. The third-order valence-electron chi connectivity index (χ3n) is 6.85. The van der Waals surface area contributed by atoms with E-state index in [0.717, 1.165) is 36.1 Å². The van der Waals surface area contributed by atoms with E-state index < -0.39 is 16.6 Å². The topological polar surface area (TPSA) is 14.2 Å². The standard InChI is InChI=1S/C22H45NOSi2/c1-18(2)26(19(3)4,20(5)6)23-15-14-21(17-23)13-12-16-24-25(10,11)22(7,8)9/h14-15,17-20H,12-13,16H2,1-11H3. The highest BCUT2D eigenvalue weighted by Gasteiger charge is 2.44. The lowest BCUT2D eigenvalue weighted by atomic mass is 10.2. The maximum absolute atomic E-state index is 6.35. The highest BCUT2D eigenvalue weighted by molar-refractivity contribution is 6.82. The van der Waals surface area contributed by atoms with E-state index in [1.54, 1.807) is 0 Å². The summed E-state index contributed by atoms with van der Waals surface area (Å²) in [6.07, 6.45) is 7.07. The predicted molar refractivity (Wildman–Crippen MR) is 122 cm³/mol. The van der Waals surface area contributed by atoms with Gasteiger partial charge in [0.1, 0.15) is 0 Å². The van der Waals surface area contributed by atoms with E-state index in [4.69, 9.17) is 4.43 Å². The molecule has 0 N–H and O–H groups in total. The van der Waals surface area contributed by atoms with Crippen LogP contribution in [0, 0.1) is 0 Å². The third kappa shape index (κ3) is 4.93. The molecule has 0 aromatic carbocycles. The second-order valence-corrected chi connectivity index (χ2v) is 21.1. The first-order valence-electron chi connectivity index (χ1n) is 10.6. The highest BCUT2D eigenvalue weighted by atomic mass is 28.4. The first kappa shape index (κ1) is 23.7. The molecule has 1 aromatic rings. The van der Waals surface area contributed by atoms with Gasteiger partial charge in [0.2, 0.25) is 0 Å². The molecular weight excluding hydrogens is 350 g/mol. The van der Waals surface area contributed by atoms with E-state index in [-0.39, 0.29) is 0 Å². The van der Waals surface area contributed by atoms with Crippen LogP contribution in [0.1, 0.15) is 74.3 Å². The molecular formula is C22H45NOSi2. The molecule has 4 heteroatoms. The largest absolute Gasteiger partial charge is 0.417 e. The van der Waals surface area contributed by atoms with Gasteiger partial charge in [-0.05, 0) is 71.6 Å². The molecule has 0 fully saturated rings. The van der Waals surface area contributed by atoms with Gasteiger partial charge in [0, 0.05) is 6.61 Å². The molecule has 26 heavy (non-hydrogen) atoms. The summed E-state index contributed by atoms with van der Waals surface area (Å²) in [6.45, 7) is 27.1.